The maximum Gasteiger partial charge on any atom is -0.0266 e. The number of hydrogen-bond donors (Lipinski definition) is 0. The van der Waals surface area contributed by atoms with Gasteiger partial charge in [-0.2, -0.15) is 0 Å². The third kappa shape index (κ3) is 4.06. The fourth-order valence-electron chi connectivity index (χ4n) is 8.20. The van der Waals surface area contributed by atoms with Crippen LogP contribution in [0, 0.1) is 40.4 Å². The van der Waals surface area contributed by atoms with Gasteiger partial charge in [-0.15, -0.1) is 6.58 Å². The van der Waals surface area contributed by atoms with E-state index in [2.05, 4.69) is 26.5 Å². The summed E-state index contributed by atoms with van der Waals surface area (Å²) in [4.78, 5) is 0. The maximum atomic E-state index is 3.97. The van der Waals surface area contributed by atoms with Crippen molar-refractivity contribution in [1.82, 2.24) is 0 Å². The van der Waals surface area contributed by atoms with Gasteiger partial charge in [0.15, 0.2) is 0 Å². The van der Waals surface area contributed by atoms with Crippen LogP contribution in [-0.4, -0.2) is 0 Å². The molecule has 4 fully saturated rings. The summed E-state index contributed by atoms with van der Waals surface area (Å²) in [6.45, 7) is 17.4. The van der Waals surface area contributed by atoms with Gasteiger partial charge in [0.2, 0.25) is 0 Å². The van der Waals surface area contributed by atoms with Gasteiger partial charge in [0, 0.05) is 0 Å². The van der Waals surface area contributed by atoms with Crippen LogP contribution in [0.5, 0.6) is 0 Å². The Labute approximate surface area is 172 Å². The molecule has 0 heteroatoms. The molecule has 4 aliphatic rings. The largest absolute Gasteiger partial charge is 0.103 e. The summed E-state index contributed by atoms with van der Waals surface area (Å²) in [5, 5.41) is 0. The van der Waals surface area contributed by atoms with Crippen LogP contribution in [0.4, 0.5) is 0 Å². The standard InChI is InChI=1S/C23H38.2C2H6/c1-4-5-8-17-11-13-20-19-12-10-18-9-6-7-15-22(18,2)21(19)14-16-23(17,20)3;2*1-2/h4,17-21H,1,5-16H2,2-3H3;2*1-2H3. The smallest absolute Gasteiger partial charge is 0.0266 e. The average molecular weight is 375 g/mol. The SMILES string of the molecule is C=CCCC1CCC2C3CCC4CCCCC4(C)C3CCC12C.CC.CC. The van der Waals surface area contributed by atoms with Crippen molar-refractivity contribution in [2.75, 3.05) is 0 Å². The van der Waals surface area contributed by atoms with E-state index < -0.39 is 0 Å². The number of fused-ring (bicyclic) bond motifs is 5. The second-order valence-corrected chi connectivity index (χ2v) is 10.1. The summed E-state index contributed by atoms with van der Waals surface area (Å²) in [7, 11) is 0. The van der Waals surface area contributed by atoms with Crippen molar-refractivity contribution in [3.05, 3.63) is 12.7 Å². The first-order chi connectivity index (χ1) is 13.1. The van der Waals surface area contributed by atoms with Crippen LogP contribution >= 0.6 is 0 Å². The molecule has 0 aliphatic heterocycles. The Hall–Kier alpha value is -0.260. The van der Waals surface area contributed by atoms with Crippen molar-refractivity contribution in [3.63, 3.8) is 0 Å². The zero-order valence-corrected chi connectivity index (χ0v) is 19.7. The first-order valence-corrected chi connectivity index (χ1v) is 12.7. The molecule has 0 bridgehead atoms. The van der Waals surface area contributed by atoms with E-state index in [0.29, 0.717) is 10.8 Å². The Kier molecular flexibility index (Phi) is 8.51. The molecular formula is C27H50. The Balaban J connectivity index is 0.000000614. The van der Waals surface area contributed by atoms with E-state index in [-0.39, 0.29) is 0 Å². The van der Waals surface area contributed by atoms with Gasteiger partial charge in [0.1, 0.15) is 0 Å². The molecule has 158 valence electrons. The lowest BCUT2D eigenvalue weighted by atomic mass is 9.45. The molecule has 0 aromatic heterocycles. The van der Waals surface area contributed by atoms with E-state index in [0.717, 1.165) is 29.6 Å². The Morgan fingerprint density at radius 2 is 1.48 bits per heavy atom. The highest BCUT2D eigenvalue weighted by Crippen LogP contribution is 2.67. The highest BCUT2D eigenvalue weighted by molar-refractivity contribution is 5.08. The number of rotatable bonds is 3. The normalized spacial score (nSPS) is 45.0. The number of hydrogen-bond acceptors (Lipinski definition) is 0. The lowest BCUT2D eigenvalue weighted by molar-refractivity contribution is -0.111. The van der Waals surface area contributed by atoms with E-state index in [1.165, 1.54) is 38.5 Å². The minimum atomic E-state index is 0.669. The van der Waals surface area contributed by atoms with Crippen LogP contribution < -0.4 is 0 Å². The van der Waals surface area contributed by atoms with Gasteiger partial charge in [0.25, 0.3) is 0 Å². The molecule has 27 heavy (non-hydrogen) atoms. The lowest BCUT2D eigenvalue weighted by Gasteiger charge is -2.60. The third-order valence-corrected chi connectivity index (χ3v) is 9.50. The maximum absolute atomic E-state index is 3.97. The molecule has 4 aliphatic carbocycles. The quantitative estimate of drug-likeness (QED) is 0.432. The van der Waals surface area contributed by atoms with Crippen LogP contribution in [0.2, 0.25) is 0 Å². The monoisotopic (exact) mass is 374 g/mol. The van der Waals surface area contributed by atoms with Crippen molar-refractivity contribution in [2.24, 2.45) is 40.4 Å². The molecule has 0 N–H and O–H groups in total. The lowest BCUT2D eigenvalue weighted by Crippen LogP contribution is -2.52. The molecule has 0 saturated heterocycles. The van der Waals surface area contributed by atoms with Gasteiger partial charge in [-0.1, -0.05) is 60.5 Å². The van der Waals surface area contributed by atoms with E-state index in [1.807, 2.05) is 27.7 Å². The zero-order chi connectivity index (χ0) is 20.1. The molecule has 0 aromatic carbocycles. The third-order valence-electron chi connectivity index (χ3n) is 9.50. The Bertz CT molecular complexity index is 451. The summed E-state index contributed by atoms with van der Waals surface area (Å²) < 4.78 is 0. The highest BCUT2D eigenvalue weighted by Gasteiger charge is 2.59. The van der Waals surface area contributed by atoms with E-state index >= 15 is 0 Å². The molecule has 7 unspecified atom stereocenters. The molecule has 0 nitrogen and oxygen atoms in total. The van der Waals surface area contributed by atoms with Gasteiger partial charge in [-0.3, -0.25) is 0 Å². The van der Waals surface area contributed by atoms with Crippen LogP contribution in [0.1, 0.15) is 119 Å². The summed E-state index contributed by atoms with van der Waals surface area (Å²) in [6, 6.07) is 0. The fourth-order valence-corrected chi connectivity index (χ4v) is 8.20. The topological polar surface area (TPSA) is 0 Å². The molecule has 7 atom stereocenters. The molecule has 0 aromatic rings. The van der Waals surface area contributed by atoms with Gasteiger partial charge in [0.05, 0.1) is 0 Å². The first-order valence-electron chi connectivity index (χ1n) is 12.7. The second-order valence-electron chi connectivity index (χ2n) is 10.1. The van der Waals surface area contributed by atoms with Gasteiger partial charge in [-0.05, 0) is 105 Å². The highest BCUT2D eigenvalue weighted by atomic mass is 14.6. The summed E-state index contributed by atoms with van der Waals surface area (Å²) in [5.41, 5.74) is 1.38. The van der Waals surface area contributed by atoms with Crippen LogP contribution in [0.15, 0.2) is 12.7 Å². The molecule has 0 radical (unpaired) electrons. The zero-order valence-electron chi connectivity index (χ0n) is 19.7. The van der Waals surface area contributed by atoms with Crippen molar-refractivity contribution >= 4 is 0 Å². The summed E-state index contributed by atoms with van der Waals surface area (Å²) in [5.74, 6) is 5.25. The van der Waals surface area contributed by atoms with Crippen LogP contribution in [-0.2, 0) is 0 Å². The molecule has 4 saturated carbocycles. The van der Waals surface area contributed by atoms with Gasteiger partial charge < -0.3 is 0 Å². The average Bonchev–Trinajstić information content (AvgIpc) is 3.05. The minimum Gasteiger partial charge on any atom is -0.103 e. The predicted octanol–water partition coefficient (Wildman–Crippen LogP) is 9.05. The van der Waals surface area contributed by atoms with E-state index in [9.17, 15) is 0 Å². The van der Waals surface area contributed by atoms with Crippen LogP contribution in [0.3, 0.4) is 0 Å². The van der Waals surface area contributed by atoms with Crippen molar-refractivity contribution in [1.29, 1.82) is 0 Å². The predicted molar refractivity (Wildman–Crippen MR) is 122 cm³/mol. The second kappa shape index (κ2) is 9.98. The van der Waals surface area contributed by atoms with Crippen LogP contribution in [0.25, 0.3) is 0 Å². The van der Waals surface area contributed by atoms with E-state index in [1.54, 1.807) is 38.5 Å². The number of allylic oxidation sites excluding steroid dienone is 1. The Morgan fingerprint density at radius 1 is 0.778 bits per heavy atom. The molecular weight excluding hydrogens is 324 g/mol. The van der Waals surface area contributed by atoms with Crippen molar-refractivity contribution in [2.45, 2.75) is 119 Å². The van der Waals surface area contributed by atoms with Gasteiger partial charge >= 0.3 is 0 Å². The molecule has 0 spiro atoms. The Morgan fingerprint density at radius 3 is 2.19 bits per heavy atom. The minimum absolute atomic E-state index is 0.669. The summed E-state index contributed by atoms with van der Waals surface area (Å²) >= 11 is 0. The molecule has 0 heterocycles. The van der Waals surface area contributed by atoms with Crippen molar-refractivity contribution in [3.8, 4) is 0 Å². The van der Waals surface area contributed by atoms with Gasteiger partial charge in [-0.25, -0.2) is 0 Å². The fraction of sp³-hybridized carbons (Fsp3) is 0.926. The van der Waals surface area contributed by atoms with Crippen molar-refractivity contribution < 1.29 is 0 Å². The first kappa shape index (κ1) is 23.0. The van der Waals surface area contributed by atoms with E-state index in [4.69, 9.17) is 0 Å². The molecule has 0 amide bonds. The molecule has 4 rings (SSSR count). The summed E-state index contributed by atoms with van der Waals surface area (Å²) in [6.07, 6.45) is 20.2.